The number of aromatic amines is 1. The van der Waals surface area contributed by atoms with Crippen molar-refractivity contribution in [1.29, 1.82) is 0 Å². The van der Waals surface area contributed by atoms with E-state index in [0.717, 1.165) is 0 Å². The molecule has 4 N–H and O–H groups in total. The van der Waals surface area contributed by atoms with Gasteiger partial charge in [-0.05, 0) is 12.1 Å². The molecule has 0 atom stereocenters. The van der Waals surface area contributed by atoms with Crippen LogP contribution in [0.2, 0.25) is 10.0 Å². The lowest BCUT2D eigenvalue weighted by Gasteiger charge is -2.10. The molecule has 1 aromatic heterocycles. The van der Waals surface area contributed by atoms with E-state index in [2.05, 4.69) is 14.7 Å². The van der Waals surface area contributed by atoms with Crippen molar-refractivity contribution in [3.63, 3.8) is 0 Å². The summed E-state index contributed by atoms with van der Waals surface area (Å²) in [6, 6.07) is 2.43. The first-order valence-electron chi connectivity index (χ1n) is 6.48. The number of imidazole rings is 1. The van der Waals surface area contributed by atoms with Gasteiger partial charge in [-0.15, -0.1) is 0 Å². The van der Waals surface area contributed by atoms with E-state index in [1.165, 1.54) is 18.3 Å². The third-order valence-electron chi connectivity index (χ3n) is 2.98. The van der Waals surface area contributed by atoms with E-state index < -0.39 is 15.9 Å². The summed E-state index contributed by atoms with van der Waals surface area (Å²) in [5, 5.41) is -0.0471. The van der Waals surface area contributed by atoms with Crippen molar-refractivity contribution in [3.8, 4) is 0 Å². The molecular weight excluding hydrogens is 363 g/mol. The van der Waals surface area contributed by atoms with Gasteiger partial charge in [-0.25, -0.2) is 4.98 Å². The average molecular weight is 377 g/mol. The zero-order valence-corrected chi connectivity index (χ0v) is 14.6. The Morgan fingerprint density at radius 1 is 1.30 bits per heavy atom. The monoisotopic (exact) mass is 376 g/mol. The molecule has 0 aliphatic heterocycles. The molecule has 1 amide bonds. The molecule has 0 bridgehead atoms. The number of H-pyrrole nitrogens is 1. The topological polar surface area (TPSA) is 118 Å². The standard InChI is InChI=1S/C13H14Cl2N4O3S/c1-6(2)13-17-5-11(18-13)23(21,22)19-10-3-7(12(16)20)8(14)4-9(10)15/h3-6,19H,1-2H3,(H2,16,20)(H,17,18). The third kappa shape index (κ3) is 3.77. The highest BCUT2D eigenvalue weighted by atomic mass is 35.5. The number of carbonyl (C=O) groups excluding carboxylic acids is 1. The zero-order chi connectivity index (χ0) is 17.4. The lowest BCUT2D eigenvalue weighted by atomic mass is 10.2. The van der Waals surface area contributed by atoms with Crippen LogP contribution in [-0.2, 0) is 10.0 Å². The number of sulfonamides is 1. The minimum atomic E-state index is -3.95. The summed E-state index contributed by atoms with van der Waals surface area (Å²) in [5.41, 5.74) is 5.14. The fraction of sp³-hybridized carbons (Fsp3) is 0.231. The van der Waals surface area contributed by atoms with E-state index in [1.807, 2.05) is 13.8 Å². The van der Waals surface area contributed by atoms with Gasteiger partial charge >= 0.3 is 0 Å². The van der Waals surface area contributed by atoms with Gasteiger partial charge in [0, 0.05) is 5.92 Å². The van der Waals surface area contributed by atoms with Crippen molar-refractivity contribution in [2.24, 2.45) is 5.73 Å². The molecule has 0 spiro atoms. The number of rotatable bonds is 5. The molecule has 10 heteroatoms. The Morgan fingerprint density at radius 2 is 1.96 bits per heavy atom. The Balaban J connectivity index is 2.40. The first kappa shape index (κ1) is 17.6. The fourth-order valence-electron chi connectivity index (χ4n) is 1.76. The van der Waals surface area contributed by atoms with Crippen LogP contribution in [0.3, 0.4) is 0 Å². The van der Waals surface area contributed by atoms with Crippen LogP contribution in [0.4, 0.5) is 5.69 Å². The quantitative estimate of drug-likeness (QED) is 0.742. The highest BCUT2D eigenvalue weighted by molar-refractivity contribution is 7.92. The SMILES string of the molecule is CC(C)c1ncc(S(=O)(=O)Nc2cc(C(N)=O)c(Cl)cc2Cl)[nH]1. The minimum absolute atomic E-state index is 0.00874. The summed E-state index contributed by atoms with van der Waals surface area (Å²) in [6.45, 7) is 3.75. The number of nitrogens with two attached hydrogens (primary N) is 1. The molecule has 7 nitrogen and oxygen atoms in total. The van der Waals surface area contributed by atoms with Crippen molar-refractivity contribution in [2.45, 2.75) is 24.8 Å². The van der Waals surface area contributed by atoms with Crippen molar-refractivity contribution in [3.05, 3.63) is 39.8 Å². The molecule has 1 heterocycles. The van der Waals surface area contributed by atoms with E-state index in [4.69, 9.17) is 28.9 Å². The van der Waals surface area contributed by atoms with Crippen LogP contribution in [0.15, 0.2) is 23.4 Å². The van der Waals surface area contributed by atoms with Gasteiger partial charge in [-0.2, -0.15) is 8.42 Å². The van der Waals surface area contributed by atoms with Gasteiger partial charge in [0.25, 0.3) is 10.0 Å². The summed E-state index contributed by atoms with van der Waals surface area (Å²) in [5.74, 6) is -0.222. The van der Waals surface area contributed by atoms with Gasteiger partial charge in [0.05, 0.1) is 27.5 Å². The number of benzene rings is 1. The lowest BCUT2D eigenvalue weighted by molar-refractivity contribution is 0.100. The number of amides is 1. The first-order valence-corrected chi connectivity index (χ1v) is 8.72. The van der Waals surface area contributed by atoms with Gasteiger partial charge in [-0.3, -0.25) is 9.52 Å². The van der Waals surface area contributed by atoms with E-state index in [0.29, 0.717) is 5.82 Å². The molecule has 0 radical (unpaired) electrons. The number of halogens is 2. The van der Waals surface area contributed by atoms with E-state index >= 15 is 0 Å². The third-order valence-corrected chi connectivity index (χ3v) is 4.88. The predicted octanol–water partition coefficient (Wildman–Crippen LogP) is 2.74. The summed E-state index contributed by atoms with van der Waals surface area (Å²) in [4.78, 5) is 18.0. The van der Waals surface area contributed by atoms with Crippen LogP contribution < -0.4 is 10.5 Å². The van der Waals surface area contributed by atoms with Crippen molar-refractivity contribution in [1.82, 2.24) is 9.97 Å². The molecule has 0 aliphatic rings. The molecule has 2 rings (SSSR count). The maximum absolute atomic E-state index is 12.4. The number of hydrogen-bond acceptors (Lipinski definition) is 4. The van der Waals surface area contributed by atoms with E-state index in [-0.39, 0.29) is 32.2 Å². The Bertz CT molecular complexity index is 862. The molecule has 0 saturated heterocycles. The molecule has 1 aromatic carbocycles. The number of hydrogen-bond donors (Lipinski definition) is 3. The summed E-state index contributed by atoms with van der Waals surface area (Å²) < 4.78 is 27.0. The maximum Gasteiger partial charge on any atom is 0.279 e. The maximum atomic E-state index is 12.4. The molecule has 124 valence electrons. The lowest BCUT2D eigenvalue weighted by Crippen LogP contribution is -2.16. The minimum Gasteiger partial charge on any atom is -0.366 e. The largest absolute Gasteiger partial charge is 0.366 e. The average Bonchev–Trinajstić information content (AvgIpc) is 2.92. The van der Waals surface area contributed by atoms with E-state index in [9.17, 15) is 13.2 Å². The normalized spacial score (nSPS) is 11.7. The molecule has 0 unspecified atom stereocenters. The number of nitrogens with zero attached hydrogens (tertiary/aromatic N) is 1. The fourth-order valence-corrected chi connectivity index (χ4v) is 3.34. The first-order chi connectivity index (χ1) is 10.6. The molecule has 2 aromatic rings. The van der Waals surface area contributed by atoms with Gasteiger partial charge in [0.15, 0.2) is 5.03 Å². The van der Waals surface area contributed by atoms with Gasteiger partial charge in [0.2, 0.25) is 5.91 Å². The number of anilines is 1. The Kier molecular flexibility index (Phi) is 4.88. The summed E-state index contributed by atoms with van der Waals surface area (Å²) in [7, 11) is -3.95. The number of carbonyl (C=O) groups is 1. The zero-order valence-electron chi connectivity index (χ0n) is 12.2. The Morgan fingerprint density at radius 3 is 2.48 bits per heavy atom. The Labute approximate surface area is 143 Å². The number of nitrogens with one attached hydrogen (secondary N) is 2. The summed E-state index contributed by atoms with van der Waals surface area (Å²) >= 11 is 11.8. The van der Waals surface area contributed by atoms with Crippen LogP contribution in [0.5, 0.6) is 0 Å². The number of aromatic nitrogens is 2. The van der Waals surface area contributed by atoms with Crippen LogP contribution in [0, 0.1) is 0 Å². The molecular formula is C13H14Cl2N4O3S. The van der Waals surface area contributed by atoms with Gasteiger partial charge < -0.3 is 10.7 Å². The highest BCUT2D eigenvalue weighted by Gasteiger charge is 2.21. The van der Waals surface area contributed by atoms with E-state index in [1.54, 1.807) is 0 Å². The second kappa shape index (κ2) is 6.38. The van der Waals surface area contributed by atoms with Gasteiger partial charge in [-0.1, -0.05) is 37.0 Å². The number of primary amides is 1. The second-order valence-corrected chi connectivity index (χ2v) is 7.53. The predicted molar refractivity (Wildman–Crippen MR) is 88.5 cm³/mol. The highest BCUT2D eigenvalue weighted by Crippen LogP contribution is 2.30. The van der Waals surface area contributed by atoms with Crippen molar-refractivity contribution < 1.29 is 13.2 Å². The van der Waals surface area contributed by atoms with Crippen molar-refractivity contribution in [2.75, 3.05) is 4.72 Å². The summed E-state index contributed by atoms with van der Waals surface area (Å²) in [6.07, 6.45) is 1.20. The van der Waals surface area contributed by atoms with Gasteiger partial charge in [0.1, 0.15) is 5.82 Å². The van der Waals surface area contributed by atoms with Crippen LogP contribution >= 0.6 is 23.2 Å². The second-order valence-electron chi connectivity index (χ2n) is 5.07. The smallest absolute Gasteiger partial charge is 0.279 e. The molecule has 23 heavy (non-hydrogen) atoms. The van der Waals surface area contributed by atoms with Crippen molar-refractivity contribution >= 4 is 44.8 Å². The molecule has 0 aliphatic carbocycles. The molecule has 0 fully saturated rings. The van der Waals surface area contributed by atoms with Crippen LogP contribution in [0.1, 0.15) is 35.9 Å². The Hall–Kier alpha value is -1.77. The molecule has 0 saturated carbocycles. The van der Waals surface area contributed by atoms with Crippen LogP contribution in [0.25, 0.3) is 0 Å². The van der Waals surface area contributed by atoms with Crippen LogP contribution in [-0.4, -0.2) is 24.3 Å².